The molecular weight excluding hydrogens is 648 g/mol. The molecule has 1 aliphatic carbocycles. The van der Waals surface area contributed by atoms with E-state index in [1.807, 2.05) is 10.9 Å². The fraction of sp³-hybridized carbons (Fsp3) is 0.235. The number of amides is 2. The summed E-state index contributed by atoms with van der Waals surface area (Å²) < 4.78 is 27.5. The molecule has 2 heterocycles. The van der Waals surface area contributed by atoms with Gasteiger partial charge in [-0.3, -0.25) is 14.3 Å². The average molecular weight is 679 g/mol. The van der Waals surface area contributed by atoms with Gasteiger partial charge in [0.25, 0.3) is 11.8 Å². The number of nitrogens with zero attached hydrogens (tertiary/aromatic N) is 3. The lowest BCUT2D eigenvalue weighted by atomic mass is 9.88. The molecule has 0 radical (unpaired) electrons. The van der Waals surface area contributed by atoms with Crippen LogP contribution < -0.4 is 20.5 Å². The Bertz CT molecular complexity index is 2020. The molecule has 5 aromatic rings. The third-order valence-corrected chi connectivity index (χ3v) is 8.85. The molecule has 4 N–H and O–H groups in total. The summed E-state index contributed by atoms with van der Waals surface area (Å²) in [6.45, 7) is 1.43. The Balaban J connectivity index is 1.45. The van der Waals surface area contributed by atoms with Crippen molar-refractivity contribution in [3.8, 4) is 22.8 Å². The molecule has 1 aliphatic rings. The van der Waals surface area contributed by atoms with Crippen LogP contribution in [0.2, 0.25) is 10.0 Å². The number of primary amides is 1. The van der Waals surface area contributed by atoms with E-state index in [-0.39, 0.29) is 57.0 Å². The van der Waals surface area contributed by atoms with Crippen LogP contribution in [0, 0.1) is 5.82 Å². The van der Waals surface area contributed by atoms with E-state index in [0.29, 0.717) is 22.9 Å². The summed E-state index contributed by atoms with van der Waals surface area (Å²) in [6.07, 6.45) is 3.97. The Morgan fingerprint density at radius 2 is 1.87 bits per heavy atom. The highest BCUT2D eigenvalue weighted by Gasteiger charge is 2.37. The summed E-state index contributed by atoms with van der Waals surface area (Å²) in [6, 6.07) is 15.8. The van der Waals surface area contributed by atoms with E-state index in [2.05, 4.69) is 10.4 Å². The number of pyridine rings is 1. The number of hydrogen-bond donors (Lipinski definition) is 3. The van der Waals surface area contributed by atoms with Crippen molar-refractivity contribution in [3.63, 3.8) is 0 Å². The molecule has 242 valence electrons. The monoisotopic (exact) mass is 677 g/mol. The van der Waals surface area contributed by atoms with Crippen LogP contribution in [0.25, 0.3) is 22.2 Å². The van der Waals surface area contributed by atoms with E-state index < -0.39 is 23.2 Å². The van der Waals surface area contributed by atoms with Crippen molar-refractivity contribution in [1.82, 2.24) is 20.1 Å². The van der Waals surface area contributed by atoms with Gasteiger partial charge in [-0.15, -0.1) is 0 Å². The Morgan fingerprint density at radius 3 is 2.53 bits per heavy atom. The summed E-state index contributed by atoms with van der Waals surface area (Å²) in [7, 11) is 1.51. The first-order valence-corrected chi connectivity index (χ1v) is 15.6. The van der Waals surface area contributed by atoms with Crippen molar-refractivity contribution in [2.45, 2.75) is 31.4 Å². The number of rotatable bonds is 11. The predicted molar refractivity (Wildman–Crippen MR) is 176 cm³/mol. The largest absolute Gasteiger partial charge is 0.494 e. The lowest BCUT2D eigenvalue weighted by Crippen LogP contribution is -2.42. The molecule has 0 saturated heterocycles. The third-order valence-electron chi connectivity index (χ3n) is 7.99. The van der Waals surface area contributed by atoms with E-state index >= 15 is 0 Å². The molecule has 10 nitrogen and oxygen atoms in total. The molecule has 13 heteroatoms. The molecule has 47 heavy (non-hydrogen) atoms. The Hall–Kier alpha value is -4.71. The first-order chi connectivity index (χ1) is 22.5. The average Bonchev–Trinajstić information content (AvgIpc) is 3.84. The maximum atomic E-state index is 14.3. The number of halogens is 3. The molecular formula is C34H30Cl2FN5O5. The van der Waals surface area contributed by atoms with Crippen molar-refractivity contribution in [1.29, 1.82) is 0 Å². The number of nitrogens with two attached hydrogens (primary N) is 1. The second kappa shape index (κ2) is 12.8. The molecule has 2 amide bonds. The lowest BCUT2D eigenvalue weighted by molar-refractivity contribution is 0.0665. The molecule has 1 fully saturated rings. The quantitative estimate of drug-likeness (QED) is 0.145. The number of aliphatic hydroxyl groups is 1. The summed E-state index contributed by atoms with van der Waals surface area (Å²) >= 11 is 12.6. The summed E-state index contributed by atoms with van der Waals surface area (Å²) in [4.78, 5) is 31.1. The number of benzene rings is 3. The van der Waals surface area contributed by atoms with Crippen LogP contribution >= 0.6 is 23.2 Å². The fourth-order valence-corrected chi connectivity index (χ4v) is 5.82. The Morgan fingerprint density at radius 1 is 1.13 bits per heavy atom. The SMILES string of the molecule is CCOc1c(C(N)=O)cc([C@@](O)(CNC(=O)c2cc(OC)c3nn(C4CC4)cc3c2)c2ccccc2)nc1-c1ccc(F)c(Cl)c1Cl. The van der Waals surface area contributed by atoms with Gasteiger partial charge < -0.3 is 25.6 Å². The van der Waals surface area contributed by atoms with Gasteiger partial charge in [-0.25, -0.2) is 9.37 Å². The molecule has 1 saturated carbocycles. The van der Waals surface area contributed by atoms with Crippen LogP contribution in [0.1, 0.15) is 57.8 Å². The summed E-state index contributed by atoms with van der Waals surface area (Å²) in [5.74, 6) is -1.74. The van der Waals surface area contributed by atoms with Crippen molar-refractivity contribution in [3.05, 3.63) is 105 Å². The summed E-state index contributed by atoms with van der Waals surface area (Å²) in [5.41, 5.74) is 5.00. The highest BCUT2D eigenvalue weighted by Crippen LogP contribution is 2.42. The van der Waals surface area contributed by atoms with Crippen LogP contribution in [-0.2, 0) is 5.60 Å². The van der Waals surface area contributed by atoms with Crippen molar-refractivity contribution < 1.29 is 28.6 Å². The predicted octanol–water partition coefficient (Wildman–Crippen LogP) is 6.05. The topological polar surface area (TPSA) is 142 Å². The lowest BCUT2D eigenvalue weighted by Gasteiger charge is -2.30. The third kappa shape index (κ3) is 6.09. The second-order valence-corrected chi connectivity index (χ2v) is 11.9. The minimum absolute atomic E-state index is 0.00593. The molecule has 2 aromatic heterocycles. The number of methoxy groups -OCH3 is 1. The van der Waals surface area contributed by atoms with Crippen molar-refractivity contribution >= 4 is 45.9 Å². The minimum Gasteiger partial charge on any atom is -0.494 e. The first kappa shape index (κ1) is 32.2. The number of nitrogens with one attached hydrogen (secondary N) is 1. The molecule has 1 atom stereocenters. The van der Waals surface area contributed by atoms with E-state index in [1.54, 1.807) is 49.4 Å². The fourth-order valence-electron chi connectivity index (χ4n) is 5.41. The van der Waals surface area contributed by atoms with Gasteiger partial charge in [-0.05, 0) is 55.7 Å². The maximum Gasteiger partial charge on any atom is 0.252 e. The van der Waals surface area contributed by atoms with E-state index in [0.717, 1.165) is 24.3 Å². The highest BCUT2D eigenvalue weighted by atomic mass is 35.5. The van der Waals surface area contributed by atoms with E-state index in [9.17, 15) is 19.1 Å². The minimum atomic E-state index is -2.01. The van der Waals surface area contributed by atoms with Gasteiger partial charge in [0.05, 0.1) is 47.6 Å². The molecule has 6 rings (SSSR count). The number of carbonyl (C=O) groups is 2. The number of carbonyl (C=O) groups excluding carboxylic acids is 2. The normalized spacial score (nSPS) is 14.1. The standard InChI is InChI=1S/C34H30Cl2FN5O5/c1-3-47-31-23(32(38)43)15-26(40-30(31)22-11-12-24(37)28(36)27(22)35)34(45,20-7-5-4-6-8-20)17-39-33(44)18-13-19-16-42(21-9-10-21)41-29(19)25(14-18)46-2/h4-8,11-16,21,45H,3,9-10,17H2,1-2H3,(H2,38,43)(H,39,44)/t34-/m1/s1. The smallest absolute Gasteiger partial charge is 0.252 e. The zero-order valence-corrected chi connectivity index (χ0v) is 26.9. The number of ether oxygens (including phenoxy) is 2. The van der Waals surface area contributed by atoms with Crippen LogP contribution in [0.5, 0.6) is 11.5 Å². The van der Waals surface area contributed by atoms with Gasteiger partial charge in [0, 0.05) is 22.7 Å². The molecule has 3 aromatic carbocycles. The zero-order valence-electron chi connectivity index (χ0n) is 25.4. The second-order valence-electron chi connectivity index (χ2n) is 11.1. The zero-order chi connectivity index (χ0) is 33.5. The van der Waals surface area contributed by atoms with Gasteiger partial charge in [0.2, 0.25) is 0 Å². The van der Waals surface area contributed by atoms with E-state index in [1.165, 1.54) is 19.2 Å². The summed E-state index contributed by atoms with van der Waals surface area (Å²) in [5, 5.41) is 20.1. The molecule has 0 bridgehead atoms. The maximum absolute atomic E-state index is 14.3. The van der Waals surface area contributed by atoms with E-state index in [4.69, 9.17) is 43.4 Å². The van der Waals surface area contributed by atoms with Gasteiger partial charge in [0.1, 0.15) is 28.4 Å². The molecule has 0 spiro atoms. The van der Waals surface area contributed by atoms with Gasteiger partial charge >= 0.3 is 0 Å². The van der Waals surface area contributed by atoms with Crippen LogP contribution in [0.3, 0.4) is 0 Å². The molecule has 0 unspecified atom stereocenters. The van der Waals surface area contributed by atoms with Crippen LogP contribution in [-0.4, -0.2) is 51.9 Å². The first-order valence-electron chi connectivity index (χ1n) is 14.8. The van der Waals surface area contributed by atoms with Gasteiger partial charge in [0.15, 0.2) is 5.75 Å². The number of hydrogen-bond acceptors (Lipinski definition) is 7. The Kier molecular flexibility index (Phi) is 8.80. The highest BCUT2D eigenvalue weighted by molar-refractivity contribution is 6.43. The van der Waals surface area contributed by atoms with Gasteiger partial charge in [-0.2, -0.15) is 5.10 Å². The van der Waals surface area contributed by atoms with Crippen LogP contribution in [0.15, 0.2) is 66.9 Å². The number of aromatic nitrogens is 3. The van der Waals surface area contributed by atoms with Gasteiger partial charge in [-0.1, -0.05) is 53.5 Å². The Labute approximate surface area is 279 Å². The van der Waals surface area contributed by atoms with Crippen LogP contribution in [0.4, 0.5) is 4.39 Å². The van der Waals surface area contributed by atoms with Crippen molar-refractivity contribution in [2.75, 3.05) is 20.3 Å². The molecule has 0 aliphatic heterocycles. The van der Waals surface area contributed by atoms with Crippen molar-refractivity contribution in [2.24, 2.45) is 5.73 Å². The number of fused-ring (bicyclic) bond motifs is 1.